The molecule has 4 heteroatoms. The van der Waals surface area contributed by atoms with Crippen LogP contribution in [-0.2, 0) is 0 Å². The Morgan fingerprint density at radius 3 is 2.38 bits per heavy atom. The van der Waals surface area contributed by atoms with Gasteiger partial charge in [-0.2, -0.15) is 0 Å². The molecule has 2 aromatic rings. The number of benzene rings is 2. The van der Waals surface area contributed by atoms with Crippen molar-refractivity contribution < 1.29 is 14.6 Å². The molecule has 0 saturated heterocycles. The van der Waals surface area contributed by atoms with E-state index in [1.165, 1.54) is 19.1 Å². The third kappa shape index (κ3) is 7.51. The Hall–Kier alpha value is -1.81. The summed E-state index contributed by atoms with van der Waals surface area (Å²) in [6.07, 6.45) is 1.05. The standard InChI is InChI=1S/C9H11BrO.C8H8O2/c10-7-4-8-11-9-5-2-1-3-6-9;1-6(9)7-3-2-4-8(10)5-7/h1-3,5-6H,4,7-8H2;2-5,10H,1H3. The Labute approximate surface area is 133 Å². The van der Waals surface area contributed by atoms with Crippen LogP contribution >= 0.6 is 15.9 Å². The lowest BCUT2D eigenvalue weighted by Gasteiger charge is -2.02. The summed E-state index contributed by atoms with van der Waals surface area (Å²) in [6, 6.07) is 16.2. The van der Waals surface area contributed by atoms with E-state index in [0.717, 1.165) is 24.1 Å². The van der Waals surface area contributed by atoms with Gasteiger partial charge < -0.3 is 9.84 Å². The van der Waals surface area contributed by atoms with Crippen molar-refractivity contribution in [3.05, 3.63) is 60.2 Å². The van der Waals surface area contributed by atoms with Gasteiger partial charge in [0.2, 0.25) is 0 Å². The monoisotopic (exact) mass is 350 g/mol. The molecule has 0 aliphatic carbocycles. The molecule has 3 nitrogen and oxygen atoms in total. The van der Waals surface area contributed by atoms with Crippen LogP contribution in [0.1, 0.15) is 23.7 Å². The normalized spacial score (nSPS) is 9.43. The first-order valence-corrected chi connectivity index (χ1v) is 7.79. The van der Waals surface area contributed by atoms with E-state index in [1.54, 1.807) is 12.1 Å². The minimum Gasteiger partial charge on any atom is -0.508 e. The van der Waals surface area contributed by atoms with Crippen LogP contribution in [0.4, 0.5) is 0 Å². The van der Waals surface area contributed by atoms with Gasteiger partial charge in [-0.3, -0.25) is 4.79 Å². The largest absolute Gasteiger partial charge is 0.508 e. The molecule has 0 unspecified atom stereocenters. The Morgan fingerprint density at radius 1 is 1.14 bits per heavy atom. The van der Waals surface area contributed by atoms with Crippen LogP contribution in [0.2, 0.25) is 0 Å². The number of phenols is 1. The van der Waals surface area contributed by atoms with Gasteiger partial charge in [0, 0.05) is 10.9 Å². The first kappa shape index (κ1) is 17.2. The Bertz CT molecular complexity index is 541. The molecule has 0 aliphatic heterocycles. The Balaban J connectivity index is 0.000000211. The minimum atomic E-state index is -0.0316. The molecule has 2 rings (SSSR count). The Morgan fingerprint density at radius 2 is 1.86 bits per heavy atom. The number of carbonyl (C=O) groups excluding carboxylic acids is 1. The van der Waals surface area contributed by atoms with Crippen molar-refractivity contribution in [1.29, 1.82) is 0 Å². The quantitative estimate of drug-likeness (QED) is 0.492. The van der Waals surface area contributed by atoms with Crippen LogP contribution in [0.3, 0.4) is 0 Å². The molecule has 0 amide bonds. The van der Waals surface area contributed by atoms with Gasteiger partial charge in [-0.15, -0.1) is 0 Å². The average molecular weight is 351 g/mol. The minimum absolute atomic E-state index is 0.0316. The number of halogens is 1. The summed E-state index contributed by atoms with van der Waals surface area (Å²) in [5.41, 5.74) is 0.542. The number of ketones is 1. The van der Waals surface area contributed by atoms with E-state index in [4.69, 9.17) is 9.84 Å². The second-order valence-corrected chi connectivity index (χ2v) is 5.10. The second kappa shape index (κ2) is 10.00. The van der Waals surface area contributed by atoms with E-state index >= 15 is 0 Å². The molecule has 0 radical (unpaired) electrons. The van der Waals surface area contributed by atoms with Crippen molar-refractivity contribution in [2.45, 2.75) is 13.3 Å². The topological polar surface area (TPSA) is 46.5 Å². The van der Waals surface area contributed by atoms with Crippen LogP contribution in [0.5, 0.6) is 11.5 Å². The number of alkyl halides is 1. The smallest absolute Gasteiger partial charge is 0.159 e. The van der Waals surface area contributed by atoms with Crippen LogP contribution in [0.15, 0.2) is 54.6 Å². The lowest BCUT2D eigenvalue weighted by molar-refractivity contribution is 0.101. The summed E-state index contributed by atoms with van der Waals surface area (Å²) in [5, 5.41) is 9.91. The maximum atomic E-state index is 10.7. The van der Waals surface area contributed by atoms with Gasteiger partial charge in [0.1, 0.15) is 11.5 Å². The zero-order valence-corrected chi connectivity index (χ0v) is 13.5. The van der Waals surface area contributed by atoms with Crippen LogP contribution < -0.4 is 4.74 Å². The fourth-order valence-corrected chi connectivity index (χ4v) is 1.72. The van der Waals surface area contributed by atoms with E-state index < -0.39 is 0 Å². The van der Waals surface area contributed by atoms with Gasteiger partial charge in [-0.1, -0.05) is 46.3 Å². The highest BCUT2D eigenvalue weighted by atomic mass is 79.9. The highest BCUT2D eigenvalue weighted by molar-refractivity contribution is 9.09. The van der Waals surface area contributed by atoms with Crippen molar-refractivity contribution >= 4 is 21.7 Å². The number of aromatic hydroxyl groups is 1. The third-order valence-corrected chi connectivity index (χ3v) is 3.10. The molecule has 0 fully saturated rings. The van der Waals surface area contributed by atoms with Crippen LogP contribution in [0, 0.1) is 0 Å². The zero-order chi connectivity index (χ0) is 15.5. The summed E-state index contributed by atoms with van der Waals surface area (Å²) in [7, 11) is 0. The Kier molecular flexibility index (Phi) is 8.21. The lowest BCUT2D eigenvalue weighted by Crippen LogP contribution is -1.96. The summed E-state index contributed by atoms with van der Waals surface area (Å²) in [5.74, 6) is 1.05. The summed E-state index contributed by atoms with van der Waals surface area (Å²) >= 11 is 3.34. The van der Waals surface area contributed by atoms with E-state index in [-0.39, 0.29) is 11.5 Å². The summed E-state index contributed by atoms with van der Waals surface area (Å²) in [4.78, 5) is 10.7. The zero-order valence-electron chi connectivity index (χ0n) is 12.0. The number of hydrogen-bond acceptors (Lipinski definition) is 3. The van der Waals surface area contributed by atoms with Gasteiger partial charge in [-0.05, 0) is 37.6 Å². The highest BCUT2D eigenvalue weighted by Crippen LogP contribution is 2.10. The first-order valence-electron chi connectivity index (χ1n) is 6.67. The van der Waals surface area contributed by atoms with Crippen molar-refractivity contribution in [1.82, 2.24) is 0 Å². The predicted molar refractivity (Wildman–Crippen MR) is 88.5 cm³/mol. The number of para-hydroxylation sites is 1. The van der Waals surface area contributed by atoms with E-state index in [2.05, 4.69) is 15.9 Å². The van der Waals surface area contributed by atoms with Crippen LogP contribution in [0.25, 0.3) is 0 Å². The van der Waals surface area contributed by atoms with E-state index in [9.17, 15) is 4.79 Å². The van der Waals surface area contributed by atoms with Gasteiger partial charge in [-0.25, -0.2) is 0 Å². The van der Waals surface area contributed by atoms with Crippen molar-refractivity contribution in [3.8, 4) is 11.5 Å². The molecule has 0 heterocycles. The molecule has 2 aromatic carbocycles. The third-order valence-electron chi connectivity index (χ3n) is 2.54. The summed E-state index contributed by atoms with van der Waals surface area (Å²) in [6.45, 7) is 2.25. The van der Waals surface area contributed by atoms with Gasteiger partial charge >= 0.3 is 0 Å². The molecule has 0 spiro atoms. The number of phenolic OH excluding ortho intramolecular Hbond substituents is 1. The molecule has 112 valence electrons. The lowest BCUT2D eigenvalue weighted by atomic mass is 10.1. The van der Waals surface area contributed by atoms with E-state index in [1.807, 2.05) is 30.3 Å². The number of Topliss-reactive ketones (excluding diaryl/α,β-unsaturated/α-hetero) is 1. The fourth-order valence-electron chi connectivity index (χ4n) is 1.49. The van der Waals surface area contributed by atoms with Crippen LogP contribution in [-0.4, -0.2) is 22.8 Å². The molecule has 0 atom stereocenters. The highest BCUT2D eigenvalue weighted by Gasteiger charge is 1.97. The SMILES string of the molecule is BrCCCOc1ccccc1.CC(=O)c1cccc(O)c1. The molecule has 0 aromatic heterocycles. The fraction of sp³-hybridized carbons (Fsp3) is 0.235. The van der Waals surface area contributed by atoms with Crippen molar-refractivity contribution in [2.75, 3.05) is 11.9 Å². The summed E-state index contributed by atoms with van der Waals surface area (Å²) < 4.78 is 5.42. The molecule has 0 bridgehead atoms. The number of ether oxygens (including phenoxy) is 1. The van der Waals surface area contributed by atoms with Crippen molar-refractivity contribution in [3.63, 3.8) is 0 Å². The van der Waals surface area contributed by atoms with Gasteiger partial charge in [0.05, 0.1) is 6.61 Å². The molecule has 0 saturated carbocycles. The average Bonchev–Trinajstić information content (AvgIpc) is 2.49. The van der Waals surface area contributed by atoms with E-state index in [0.29, 0.717) is 5.56 Å². The van der Waals surface area contributed by atoms with Crippen molar-refractivity contribution in [2.24, 2.45) is 0 Å². The molecular weight excluding hydrogens is 332 g/mol. The number of carbonyl (C=O) groups is 1. The second-order valence-electron chi connectivity index (χ2n) is 4.31. The predicted octanol–water partition coefficient (Wildman–Crippen LogP) is 4.45. The number of rotatable bonds is 5. The molecule has 1 N–H and O–H groups in total. The molecule has 0 aliphatic rings. The first-order chi connectivity index (χ1) is 10.1. The molecule has 21 heavy (non-hydrogen) atoms. The van der Waals surface area contributed by atoms with Gasteiger partial charge in [0.15, 0.2) is 5.78 Å². The maximum absolute atomic E-state index is 10.7. The molecular formula is C17H19BrO3. The maximum Gasteiger partial charge on any atom is 0.159 e. The van der Waals surface area contributed by atoms with Gasteiger partial charge in [0.25, 0.3) is 0 Å². The number of hydrogen-bond donors (Lipinski definition) is 1.